The Morgan fingerprint density at radius 1 is 1.55 bits per heavy atom. The molecule has 1 aromatic heterocycles. The van der Waals surface area contributed by atoms with Crippen LogP contribution in [0.2, 0.25) is 0 Å². The second kappa shape index (κ2) is 7.34. The highest BCUT2D eigenvalue weighted by molar-refractivity contribution is 5.94. The van der Waals surface area contributed by atoms with E-state index in [1.54, 1.807) is 11.7 Å². The van der Waals surface area contributed by atoms with Gasteiger partial charge < -0.3 is 9.47 Å². The highest BCUT2D eigenvalue weighted by Crippen LogP contribution is 2.09. The van der Waals surface area contributed by atoms with Crippen molar-refractivity contribution in [3.05, 3.63) is 17.5 Å². The van der Waals surface area contributed by atoms with Crippen LogP contribution in [0.25, 0.3) is 0 Å². The summed E-state index contributed by atoms with van der Waals surface area (Å²) in [5, 5.41) is 4.05. The van der Waals surface area contributed by atoms with Gasteiger partial charge in [-0.3, -0.25) is 19.8 Å². The predicted molar refractivity (Wildman–Crippen MR) is 71.8 cm³/mol. The molecule has 0 atom stereocenters. The molecule has 0 bridgehead atoms. The van der Waals surface area contributed by atoms with Crippen molar-refractivity contribution < 1.29 is 14.3 Å². The number of morpholine rings is 1. The maximum Gasteiger partial charge on any atom is 0.268 e. The van der Waals surface area contributed by atoms with Gasteiger partial charge in [-0.2, -0.15) is 5.10 Å². The molecule has 2 heterocycles. The minimum Gasteiger partial charge on any atom is -0.379 e. The number of hydrazine groups is 1. The summed E-state index contributed by atoms with van der Waals surface area (Å²) in [5.41, 5.74) is 3.27. The number of ether oxygens (including phenoxy) is 2. The van der Waals surface area contributed by atoms with Crippen molar-refractivity contribution in [2.75, 3.05) is 39.5 Å². The van der Waals surface area contributed by atoms with Crippen LogP contribution in [0.15, 0.2) is 6.20 Å². The topological polar surface area (TPSA) is 94.6 Å². The zero-order valence-corrected chi connectivity index (χ0v) is 11.7. The summed E-state index contributed by atoms with van der Waals surface area (Å²) in [6.45, 7) is 5.25. The summed E-state index contributed by atoms with van der Waals surface area (Å²) in [7, 11) is 1.77. The van der Waals surface area contributed by atoms with Gasteiger partial charge in [0.2, 0.25) is 0 Å². The van der Waals surface area contributed by atoms with Gasteiger partial charge in [-0.25, -0.2) is 5.84 Å². The summed E-state index contributed by atoms with van der Waals surface area (Å²) in [5.74, 6) is 4.78. The van der Waals surface area contributed by atoms with E-state index in [2.05, 4.69) is 15.4 Å². The minimum atomic E-state index is -0.357. The number of hydrogen-bond acceptors (Lipinski definition) is 6. The molecule has 3 N–H and O–H groups in total. The van der Waals surface area contributed by atoms with Crippen molar-refractivity contribution in [2.45, 2.75) is 6.61 Å². The van der Waals surface area contributed by atoms with Crippen molar-refractivity contribution >= 4 is 5.91 Å². The molecular formula is C12H21N5O3. The zero-order chi connectivity index (χ0) is 14.4. The number of nitrogens with zero attached hydrogens (tertiary/aromatic N) is 3. The van der Waals surface area contributed by atoms with Crippen LogP contribution in [0.1, 0.15) is 16.1 Å². The molecule has 8 heteroatoms. The quantitative estimate of drug-likeness (QED) is 0.297. The van der Waals surface area contributed by atoms with Crippen LogP contribution in [0, 0.1) is 0 Å². The molecule has 1 amide bonds. The number of carbonyl (C=O) groups excluding carboxylic acids is 1. The normalized spacial score (nSPS) is 16.3. The molecule has 20 heavy (non-hydrogen) atoms. The van der Waals surface area contributed by atoms with Gasteiger partial charge in [0.1, 0.15) is 0 Å². The fourth-order valence-corrected chi connectivity index (χ4v) is 2.09. The number of nitrogens with two attached hydrogens (primary N) is 1. The largest absolute Gasteiger partial charge is 0.379 e. The molecule has 2 rings (SSSR count). The fourth-order valence-electron chi connectivity index (χ4n) is 2.09. The molecular weight excluding hydrogens is 262 g/mol. The Morgan fingerprint density at radius 2 is 2.30 bits per heavy atom. The van der Waals surface area contributed by atoms with Crippen LogP contribution < -0.4 is 11.3 Å². The molecule has 0 aromatic carbocycles. The number of hydrogen-bond donors (Lipinski definition) is 2. The number of aromatic nitrogens is 2. The Kier molecular flexibility index (Phi) is 5.48. The zero-order valence-electron chi connectivity index (χ0n) is 11.7. The van der Waals surface area contributed by atoms with Crippen molar-refractivity contribution in [3.63, 3.8) is 0 Å². The maximum absolute atomic E-state index is 11.6. The lowest BCUT2D eigenvalue weighted by molar-refractivity contribution is 0.0172. The Bertz CT molecular complexity index is 442. The van der Waals surface area contributed by atoms with Gasteiger partial charge in [-0.15, -0.1) is 0 Å². The number of amides is 1. The Labute approximate surface area is 117 Å². The van der Waals surface area contributed by atoms with Gasteiger partial charge >= 0.3 is 0 Å². The Balaban J connectivity index is 1.78. The summed E-state index contributed by atoms with van der Waals surface area (Å²) in [4.78, 5) is 13.9. The SMILES string of the molecule is Cn1ncc(C(=O)NN)c1COCCN1CCOCC1. The lowest BCUT2D eigenvalue weighted by atomic mass is 10.2. The monoisotopic (exact) mass is 283 g/mol. The summed E-state index contributed by atoms with van der Waals surface area (Å²) >= 11 is 0. The maximum atomic E-state index is 11.6. The highest BCUT2D eigenvalue weighted by atomic mass is 16.5. The van der Waals surface area contributed by atoms with Crippen LogP contribution in [0.4, 0.5) is 0 Å². The van der Waals surface area contributed by atoms with E-state index in [0.717, 1.165) is 38.5 Å². The average molecular weight is 283 g/mol. The molecule has 0 saturated carbocycles. The molecule has 8 nitrogen and oxygen atoms in total. The van der Waals surface area contributed by atoms with Gasteiger partial charge in [-0.05, 0) is 0 Å². The summed E-state index contributed by atoms with van der Waals surface area (Å²) in [6.07, 6.45) is 1.49. The third kappa shape index (κ3) is 3.76. The Morgan fingerprint density at radius 3 is 3.00 bits per heavy atom. The third-order valence-electron chi connectivity index (χ3n) is 3.33. The molecule has 112 valence electrons. The van der Waals surface area contributed by atoms with Crippen LogP contribution in [0.5, 0.6) is 0 Å². The van der Waals surface area contributed by atoms with Crippen molar-refractivity contribution in [2.24, 2.45) is 12.9 Å². The number of nitrogen functional groups attached to an aromatic ring is 1. The van der Waals surface area contributed by atoms with Gasteiger partial charge in [0.05, 0.1) is 43.9 Å². The van der Waals surface area contributed by atoms with Gasteiger partial charge in [-0.1, -0.05) is 0 Å². The molecule has 1 aliphatic rings. The number of carbonyl (C=O) groups is 1. The predicted octanol–water partition coefficient (Wildman–Crippen LogP) is -1.13. The first-order chi connectivity index (χ1) is 9.72. The van der Waals surface area contributed by atoms with E-state index in [1.165, 1.54) is 6.20 Å². The molecule has 0 spiro atoms. The van der Waals surface area contributed by atoms with E-state index < -0.39 is 0 Å². The van der Waals surface area contributed by atoms with Crippen LogP contribution in [0.3, 0.4) is 0 Å². The molecule has 1 saturated heterocycles. The van der Waals surface area contributed by atoms with E-state index >= 15 is 0 Å². The first kappa shape index (κ1) is 14.9. The van der Waals surface area contributed by atoms with E-state index in [-0.39, 0.29) is 5.91 Å². The second-order valence-corrected chi connectivity index (χ2v) is 4.61. The van der Waals surface area contributed by atoms with Gasteiger partial charge in [0.25, 0.3) is 5.91 Å². The highest BCUT2D eigenvalue weighted by Gasteiger charge is 2.15. The first-order valence-electron chi connectivity index (χ1n) is 6.62. The third-order valence-corrected chi connectivity index (χ3v) is 3.33. The molecule has 0 radical (unpaired) electrons. The number of rotatable bonds is 6. The lowest BCUT2D eigenvalue weighted by Gasteiger charge is -2.26. The van der Waals surface area contributed by atoms with Crippen molar-refractivity contribution in [1.29, 1.82) is 0 Å². The fraction of sp³-hybridized carbons (Fsp3) is 0.667. The summed E-state index contributed by atoms with van der Waals surface area (Å²) < 4.78 is 12.5. The molecule has 1 aromatic rings. The van der Waals surface area contributed by atoms with E-state index in [0.29, 0.717) is 18.8 Å². The molecule has 1 fully saturated rings. The van der Waals surface area contributed by atoms with Crippen LogP contribution >= 0.6 is 0 Å². The molecule has 0 aliphatic carbocycles. The molecule has 1 aliphatic heterocycles. The van der Waals surface area contributed by atoms with Gasteiger partial charge in [0.15, 0.2) is 0 Å². The smallest absolute Gasteiger partial charge is 0.268 e. The van der Waals surface area contributed by atoms with E-state index in [9.17, 15) is 4.79 Å². The first-order valence-corrected chi connectivity index (χ1v) is 6.62. The van der Waals surface area contributed by atoms with Gasteiger partial charge in [0, 0.05) is 26.7 Å². The lowest BCUT2D eigenvalue weighted by Crippen LogP contribution is -2.38. The molecule has 0 unspecified atom stereocenters. The summed E-state index contributed by atoms with van der Waals surface area (Å²) in [6, 6.07) is 0. The minimum absolute atomic E-state index is 0.337. The van der Waals surface area contributed by atoms with Crippen molar-refractivity contribution in [3.8, 4) is 0 Å². The number of nitrogens with one attached hydrogen (secondary N) is 1. The Hall–Kier alpha value is -1.48. The van der Waals surface area contributed by atoms with Crippen molar-refractivity contribution in [1.82, 2.24) is 20.1 Å². The number of aryl methyl sites for hydroxylation is 1. The van der Waals surface area contributed by atoms with Crippen LogP contribution in [-0.4, -0.2) is 60.0 Å². The van der Waals surface area contributed by atoms with E-state index in [4.69, 9.17) is 15.3 Å². The van der Waals surface area contributed by atoms with E-state index in [1.807, 2.05) is 0 Å². The standard InChI is InChI=1S/C12H21N5O3/c1-16-11(10(8-14-16)12(18)15-13)9-20-7-4-17-2-5-19-6-3-17/h8H,2-7,9,13H2,1H3,(H,15,18). The second-order valence-electron chi connectivity index (χ2n) is 4.61. The average Bonchev–Trinajstić information content (AvgIpc) is 2.85. The van der Waals surface area contributed by atoms with Crippen LogP contribution in [-0.2, 0) is 23.1 Å².